The lowest BCUT2D eigenvalue weighted by Gasteiger charge is -2.36. The number of hydrogen-bond acceptors (Lipinski definition) is 6. The molecule has 2 aromatic rings. The van der Waals surface area contributed by atoms with E-state index < -0.39 is 7.10 Å². The zero-order valence-electron chi connectivity index (χ0n) is 22.3. The zero-order chi connectivity index (χ0) is 26.4. The van der Waals surface area contributed by atoms with Gasteiger partial charge >= 0.3 is 0 Å². The molecular formula is C28H39IN4O3S. The molecule has 7 nitrogen and oxygen atoms in total. The Bertz CT molecular complexity index is 1220. The third-order valence-electron chi connectivity index (χ3n) is 8.08. The largest absolute Gasteiger partial charge is 0.375 e. The van der Waals surface area contributed by atoms with E-state index in [0.717, 1.165) is 55.4 Å². The Hall–Kier alpha value is -1.72. The molecule has 3 fully saturated rings. The number of nitrogens with one attached hydrogen (secondary N) is 1. The van der Waals surface area contributed by atoms with Gasteiger partial charge in [-0.15, -0.1) is 0 Å². The van der Waals surface area contributed by atoms with E-state index in [0.29, 0.717) is 23.4 Å². The highest BCUT2D eigenvalue weighted by Crippen LogP contribution is 2.54. The molecule has 1 aliphatic carbocycles. The Balaban J connectivity index is 1.42. The highest BCUT2D eigenvalue weighted by atomic mass is 127. The zero-order valence-corrected chi connectivity index (χ0v) is 25.3. The lowest BCUT2D eigenvalue weighted by Crippen LogP contribution is -2.41. The summed E-state index contributed by atoms with van der Waals surface area (Å²) in [4.78, 5) is 23.7. The normalized spacial score (nSPS) is 22.1. The molecule has 9 heteroatoms. The first-order chi connectivity index (χ1) is 17.5. The van der Waals surface area contributed by atoms with Crippen LogP contribution in [0.3, 0.4) is 0 Å². The van der Waals surface area contributed by atoms with Crippen LogP contribution in [0.25, 0.3) is 0 Å². The molecule has 1 saturated carbocycles. The molecule has 37 heavy (non-hydrogen) atoms. The van der Waals surface area contributed by atoms with Crippen LogP contribution in [0.2, 0.25) is 0 Å². The van der Waals surface area contributed by atoms with E-state index in [9.17, 15) is 9.00 Å². The molecule has 0 bridgehead atoms. The van der Waals surface area contributed by atoms with Gasteiger partial charge in [0.25, 0.3) is 5.91 Å². The number of anilines is 3. The van der Waals surface area contributed by atoms with Crippen molar-refractivity contribution in [2.24, 2.45) is 5.41 Å². The summed E-state index contributed by atoms with van der Waals surface area (Å²) in [5.41, 5.74) is 2.01. The number of ether oxygens (including phenoxy) is 1. The Morgan fingerprint density at radius 2 is 1.84 bits per heavy atom. The number of nitrogens with zero attached hydrogens (tertiary/aromatic N) is 3. The van der Waals surface area contributed by atoms with Gasteiger partial charge in [-0.2, -0.15) is 0 Å². The van der Waals surface area contributed by atoms with Crippen LogP contribution >= 0.6 is 21.2 Å². The van der Waals surface area contributed by atoms with E-state index in [2.05, 4.69) is 43.2 Å². The molecule has 1 spiro atoms. The van der Waals surface area contributed by atoms with Crippen LogP contribution in [-0.4, -0.2) is 58.7 Å². The molecule has 1 atom stereocenters. The molecule has 1 N–H and O–H groups in total. The van der Waals surface area contributed by atoms with Crippen LogP contribution in [0, 0.1) is 5.41 Å². The first kappa shape index (κ1) is 26.9. The van der Waals surface area contributed by atoms with E-state index in [-0.39, 0.29) is 16.8 Å². The summed E-state index contributed by atoms with van der Waals surface area (Å²) in [5, 5.41) is 3.04. The van der Waals surface area contributed by atoms with Crippen LogP contribution in [0.4, 0.5) is 17.3 Å². The second-order valence-corrected chi connectivity index (χ2v) is 18.9. The number of benzene rings is 1. The highest BCUT2D eigenvalue weighted by Gasteiger charge is 2.45. The fraction of sp³-hybridized carbons (Fsp3) is 0.571. The number of thiol groups is 1. The van der Waals surface area contributed by atoms with E-state index >= 15 is 0 Å². The average molecular weight is 639 g/mol. The summed E-state index contributed by atoms with van der Waals surface area (Å²) >= 11 is 2.14. The molecule has 0 unspecified atom stereocenters. The number of carbonyl (C=O) groups is 1. The standard InChI is InChI=1S/C28H39IN4O3S/c1-20-19-33(16-17-36-20)25-7-5-6-24(30-25)31-26(34)22-9-8-21(37(29,35)27(2,3)4)18-23(22)32-14-12-28(10-11-28)13-15-32/h5-9,18,20,37H,10-17,19H2,1-4H3,(H,30,31,34)/t20-/m1/s1. The van der Waals surface area contributed by atoms with Gasteiger partial charge < -0.3 is 19.9 Å². The first-order valence-electron chi connectivity index (χ1n) is 13.3. The number of rotatable bonds is 5. The van der Waals surface area contributed by atoms with Crippen LogP contribution in [0.15, 0.2) is 41.3 Å². The van der Waals surface area contributed by atoms with Crippen molar-refractivity contribution >= 4 is 51.5 Å². The molecular weight excluding hydrogens is 599 g/mol. The van der Waals surface area contributed by atoms with Crippen molar-refractivity contribution in [1.82, 2.24) is 4.98 Å². The second kappa shape index (κ2) is 10.1. The Kier molecular flexibility index (Phi) is 7.34. The summed E-state index contributed by atoms with van der Waals surface area (Å²) in [7, 11) is -2.68. The summed E-state index contributed by atoms with van der Waals surface area (Å²) in [5.74, 6) is 1.18. The smallest absolute Gasteiger partial charge is 0.258 e. The molecule has 1 aromatic heterocycles. The van der Waals surface area contributed by atoms with Crippen molar-refractivity contribution < 1.29 is 13.7 Å². The van der Waals surface area contributed by atoms with Crippen LogP contribution < -0.4 is 15.1 Å². The maximum atomic E-state index is 13.8. The van der Waals surface area contributed by atoms with E-state index in [1.807, 2.05) is 57.2 Å². The number of pyridine rings is 1. The maximum Gasteiger partial charge on any atom is 0.258 e. The van der Waals surface area contributed by atoms with Crippen molar-refractivity contribution in [3.8, 4) is 0 Å². The van der Waals surface area contributed by atoms with Gasteiger partial charge in [0.05, 0.1) is 24.0 Å². The van der Waals surface area contributed by atoms with Crippen molar-refractivity contribution in [1.29, 1.82) is 0 Å². The van der Waals surface area contributed by atoms with Crippen molar-refractivity contribution in [3.05, 3.63) is 42.0 Å². The second-order valence-electron chi connectivity index (χ2n) is 11.9. The molecule has 3 aliphatic rings. The Morgan fingerprint density at radius 3 is 2.49 bits per heavy atom. The topological polar surface area (TPSA) is 74.8 Å². The van der Waals surface area contributed by atoms with E-state index in [4.69, 9.17) is 9.72 Å². The number of aromatic nitrogens is 1. The van der Waals surface area contributed by atoms with Crippen LogP contribution in [-0.2, 0) is 11.8 Å². The number of halogens is 1. The van der Waals surface area contributed by atoms with Crippen molar-refractivity contribution in [2.45, 2.75) is 69.1 Å². The monoisotopic (exact) mass is 638 g/mol. The first-order valence-corrected chi connectivity index (χ1v) is 17.8. The van der Waals surface area contributed by atoms with Gasteiger partial charge in [0.1, 0.15) is 11.6 Å². The molecule has 1 aromatic carbocycles. The predicted octanol–water partition coefficient (Wildman–Crippen LogP) is 5.46. The van der Waals surface area contributed by atoms with E-state index in [1.54, 1.807) is 0 Å². The van der Waals surface area contributed by atoms with E-state index in [1.165, 1.54) is 12.8 Å². The molecule has 1 amide bonds. The summed E-state index contributed by atoms with van der Waals surface area (Å²) < 4.78 is 19.1. The molecule has 2 aliphatic heterocycles. The number of piperidine rings is 1. The third kappa shape index (κ3) is 5.68. The van der Waals surface area contributed by atoms with Gasteiger partial charge in [0, 0.05) is 57.0 Å². The number of hydrogen-bond donors (Lipinski definition) is 2. The number of amides is 1. The predicted molar refractivity (Wildman–Crippen MR) is 161 cm³/mol. The fourth-order valence-corrected chi connectivity index (χ4v) is 7.55. The molecule has 5 rings (SSSR count). The van der Waals surface area contributed by atoms with Crippen LogP contribution in [0.1, 0.15) is 63.7 Å². The molecule has 3 heterocycles. The fourth-order valence-electron chi connectivity index (χ4n) is 5.32. The SMILES string of the molecule is C[C@@H]1CN(c2cccc(NC(=O)c3ccc([SH](=O)(I)C(C)(C)C)cc3N3CCC4(CC3)CC4)n2)CCO1. The summed E-state index contributed by atoms with van der Waals surface area (Å²) in [6.07, 6.45) is 5.11. The lowest BCUT2D eigenvalue weighted by atomic mass is 9.93. The summed E-state index contributed by atoms with van der Waals surface area (Å²) in [6, 6.07) is 11.5. The quantitative estimate of drug-likeness (QED) is 0.258. The Labute approximate surface area is 233 Å². The Morgan fingerprint density at radius 1 is 1.11 bits per heavy atom. The molecule has 0 radical (unpaired) electrons. The number of morpholine rings is 1. The lowest BCUT2D eigenvalue weighted by molar-refractivity contribution is 0.0529. The number of carbonyl (C=O) groups excluding carboxylic acids is 1. The third-order valence-corrected chi connectivity index (χ3v) is 16.8. The molecule has 202 valence electrons. The van der Waals surface area contributed by atoms with Gasteiger partial charge in [-0.1, -0.05) is 6.07 Å². The molecule has 2 saturated heterocycles. The minimum Gasteiger partial charge on any atom is -0.375 e. The van der Waals surface area contributed by atoms with Crippen LogP contribution in [0.5, 0.6) is 0 Å². The summed E-state index contributed by atoms with van der Waals surface area (Å²) in [6.45, 7) is 12.2. The highest BCUT2D eigenvalue weighted by molar-refractivity contribution is 14.2. The van der Waals surface area contributed by atoms with Gasteiger partial charge in [0.2, 0.25) is 0 Å². The van der Waals surface area contributed by atoms with Gasteiger partial charge in [-0.25, -0.2) is 4.98 Å². The van der Waals surface area contributed by atoms with Gasteiger partial charge in [-0.05, 0) is 96.2 Å². The average Bonchev–Trinajstić information content (AvgIpc) is 3.62. The van der Waals surface area contributed by atoms with Gasteiger partial charge in [0.15, 0.2) is 0 Å². The van der Waals surface area contributed by atoms with Crippen molar-refractivity contribution in [3.63, 3.8) is 0 Å². The minimum absolute atomic E-state index is 0.149. The maximum absolute atomic E-state index is 13.8. The minimum atomic E-state index is -2.68. The van der Waals surface area contributed by atoms with Crippen molar-refractivity contribution in [2.75, 3.05) is 47.9 Å². The van der Waals surface area contributed by atoms with Gasteiger partial charge in [-0.3, -0.25) is 9.00 Å².